The Labute approximate surface area is 109 Å². The van der Waals surface area contributed by atoms with Crippen LogP contribution in [0, 0.1) is 0 Å². The lowest BCUT2D eigenvalue weighted by Crippen LogP contribution is -2.71. The smallest absolute Gasteiger partial charge is 0.0974 e. The molecule has 0 aliphatic carbocycles. The van der Waals surface area contributed by atoms with Gasteiger partial charge in [-0.15, -0.1) is 0 Å². The van der Waals surface area contributed by atoms with E-state index in [4.69, 9.17) is 0 Å². The van der Waals surface area contributed by atoms with Crippen molar-refractivity contribution < 1.29 is 5.11 Å². The third kappa shape index (κ3) is 2.68. The minimum Gasteiger partial charge on any atom is -0.386 e. The van der Waals surface area contributed by atoms with Gasteiger partial charge in [0.15, 0.2) is 0 Å². The molecule has 1 saturated heterocycles. The van der Waals surface area contributed by atoms with E-state index in [-0.39, 0.29) is 11.1 Å². The van der Waals surface area contributed by atoms with Gasteiger partial charge in [0.1, 0.15) is 0 Å². The molecule has 3 nitrogen and oxygen atoms in total. The number of hydrogen-bond donors (Lipinski definition) is 2. The van der Waals surface area contributed by atoms with Crippen LogP contribution in [0.2, 0.25) is 0 Å². The van der Waals surface area contributed by atoms with Crippen LogP contribution in [0.15, 0.2) is 0 Å². The van der Waals surface area contributed by atoms with Gasteiger partial charge in [0, 0.05) is 11.1 Å². The maximum atomic E-state index is 11.0. The predicted molar refractivity (Wildman–Crippen MR) is 77.1 cm³/mol. The molecule has 0 saturated carbocycles. The van der Waals surface area contributed by atoms with Gasteiger partial charge in [0.05, 0.1) is 5.60 Å². The molecule has 0 aromatic rings. The standard InChI is InChI=1S/C13H29N2OP/c1-11(2,14-17)13(5,16)12(3,4)15-9-7-6-8-10-15/h14,16H,6-10,17H2,1-5H3. The highest BCUT2D eigenvalue weighted by Gasteiger charge is 2.52. The van der Waals surface area contributed by atoms with Crippen LogP contribution in [0.3, 0.4) is 0 Å². The molecule has 2 N–H and O–H groups in total. The molecule has 2 unspecified atom stereocenters. The van der Waals surface area contributed by atoms with E-state index in [2.05, 4.69) is 33.2 Å². The van der Waals surface area contributed by atoms with Gasteiger partial charge in [-0.1, -0.05) is 15.8 Å². The summed E-state index contributed by atoms with van der Waals surface area (Å²) in [5.41, 5.74) is -1.39. The van der Waals surface area contributed by atoms with Crippen molar-refractivity contribution in [2.75, 3.05) is 13.1 Å². The number of nitrogens with one attached hydrogen (secondary N) is 1. The topological polar surface area (TPSA) is 35.5 Å². The Bertz CT molecular complexity index is 258. The Hall–Kier alpha value is 0.310. The number of piperidine rings is 1. The lowest BCUT2D eigenvalue weighted by Gasteiger charge is -2.55. The molecule has 0 aromatic carbocycles. The van der Waals surface area contributed by atoms with Gasteiger partial charge < -0.3 is 5.11 Å². The first kappa shape index (κ1) is 15.4. The van der Waals surface area contributed by atoms with Crippen LogP contribution in [0.1, 0.15) is 53.9 Å². The van der Waals surface area contributed by atoms with E-state index in [9.17, 15) is 5.11 Å². The lowest BCUT2D eigenvalue weighted by atomic mass is 9.70. The molecule has 102 valence electrons. The van der Waals surface area contributed by atoms with Gasteiger partial charge >= 0.3 is 0 Å². The number of rotatable bonds is 4. The van der Waals surface area contributed by atoms with Crippen LogP contribution in [0.4, 0.5) is 0 Å². The van der Waals surface area contributed by atoms with Crippen molar-refractivity contribution >= 4 is 9.39 Å². The highest BCUT2D eigenvalue weighted by Crippen LogP contribution is 2.38. The molecule has 0 spiro atoms. The van der Waals surface area contributed by atoms with Crippen molar-refractivity contribution in [2.45, 2.75) is 70.6 Å². The van der Waals surface area contributed by atoms with E-state index in [1.807, 2.05) is 20.8 Å². The molecule has 0 bridgehead atoms. The molecule has 1 aliphatic heterocycles. The van der Waals surface area contributed by atoms with Crippen LogP contribution >= 0.6 is 9.39 Å². The zero-order valence-corrected chi connectivity index (χ0v) is 13.2. The SMILES string of the molecule is CC(C)(NP)C(C)(O)C(C)(C)N1CCCCC1. The third-order valence-electron chi connectivity index (χ3n) is 4.92. The highest BCUT2D eigenvalue weighted by molar-refractivity contribution is 7.13. The molecule has 1 heterocycles. The van der Waals surface area contributed by atoms with Gasteiger partial charge in [-0.3, -0.25) is 9.99 Å². The second kappa shape index (κ2) is 5.13. The monoisotopic (exact) mass is 260 g/mol. The molecule has 0 aromatic heterocycles. The van der Waals surface area contributed by atoms with Crippen LogP contribution < -0.4 is 5.09 Å². The van der Waals surface area contributed by atoms with Gasteiger partial charge in [-0.2, -0.15) is 0 Å². The predicted octanol–water partition coefficient (Wildman–Crippen LogP) is 2.16. The fourth-order valence-corrected chi connectivity index (χ4v) is 2.95. The Morgan fingerprint density at radius 2 is 1.47 bits per heavy atom. The van der Waals surface area contributed by atoms with Crippen molar-refractivity contribution in [3.05, 3.63) is 0 Å². The van der Waals surface area contributed by atoms with Crippen molar-refractivity contribution in [3.8, 4) is 0 Å². The van der Waals surface area contributed by atoms with Crippen LogP contribution in [0.25, 0.3) is 0 Å². The average Bonchev–Trinajstić information content (AvgIpc) is 2.29. The first-order valence-corrected chi connectivity index (χ1v) is 7.20. The minimum absolute atomic E-state index is 0.236. The maximum Gasteiger partial charge on any atom is 0.0974 e. The molecule has 2 atom stereocenters. The third-order valence-corrected chi connectivity index (χ3v) is 5.64. The summed E-state index contributed by atoms with van der Waals surface area (Å²) in [7, 11) is 2.53. The highest BCUT2D eigenvalue weighted by atomic mass is 31.0. The van der Waals surface area contributed by atoms with E-state index < -0.39 is 5.60 Å². The summed E-state index contributed by atoms with van der Waals surface area (Å²) in [6.07, 6.45) is 3.81. The number of likely N-dealkylation sites (tertiary alicyclic amines) is 1. The van der Waals surface area contributed by atoms with Gasteiger partial charge in [0.2, 0.25) is 0 Å². The van der Waals surface area contributed by atoms with Crippen LogP contribution in [0.5, 0.6) is 0 Å². The second-order valence-electron chi connectivity index (χ2n) is 6.45. The molecule has 17 heavy (non-hydrogen) atoms. The Morgan fingerprint density at radius 1 is 1.00 bits per heavy atom. The number of aliphatic hydroxyl groups is 1. The van der Waals surface area contributed by atoms with Gasteiger partial charge in [0.25, 0.3) is 0 Å². The number of hydrogen-bond acceptors (Lipinski definition) is 3. The molecule has 0 amide bonds. The molecule has 4 heteroatoms. The van der Waals surface area contributed by atoms with E-state index in [1.54, 1.807) is 0 Å². The van der Waals surface area contributed by atoms with Crippen molar-refractivity contribution in [2.24, 2.45) is 0 Å². The summed E-state index contributed by atoms with van der Waals surface area (Å²) in [5, 5.41) is 14.2. The van der Waals surface area contributed by atoms with Crippen LogP contribution in [-0.2, 0) is 0 Å². The Kier molecular flexibility index (Phi) is 4.63. The summed E-state index contributed by atoms with van der Waals surface area (Å²) in [5.74, 6) is 0. The summed E-state index contributed by atoms with van der Waals surface area (Å²) in [4.78, 5) is 2.43. The first-order valence-electron chi connectivity index (χ1n) is 6.62. The molecule has 1 rings (SSSR count). The first-order chi connectivity index (χ1) is 7.67. The summed E-state index contributed by atoms with van der Waals surface area (Å²) >= 11 is 0. The molecule has 1 fully saturated rings. The largest absolute Gasteiger partial charge is 0.386 e. The molecular weight excluding hydrogens is 231 g/mol. The van der Waals surface area contributed by atoms with E-state index in [0.29, 0.717) is 0 Å². The zero-order valence-electron chi connectivity index (χ0n) is 12.0. The fourth-order valence-electron chi connectivity index (χ4n) is 2.67. The summed E-state index contributed by atoms with van der Waals surface area (Å²) in [6, 6.07) is 0. The molecule has 0 radical (unpaired) electrons. The number of nitrogens with zero attached hydrogens (tertiary/aromatic N) is 1. The Morgan fingerprint density at radius 3 is 1.88 bits per heavy atom. The Balaban J connectivity index is 2.94. The van der Waals surface area contributed by atoms with E-state index in [1.165, 1.54) is 19.3 Å². The van der Waals surface area contributed by atoms with Crippen LogP contribution in [-0.4, -0.2) is 39.8 Å². The minimum atomic E-state index is -0.806. The molecule has 1 aliphatic rings. The van der Waals surface area contributed by atoms with Crippen molar-refractivity contribution in [1.29, 1.82) is 0 Å². The molecular formula is C13H29N2OP. The lowest BCUT2D eigenvalue weighted by molar-refractivity contribution is -0.130. The van der Waals surface area contributed by atoms with Crippen molar-refractivity contribution in [3.63, 3.8) is 0 Å². The quantitative estimate of drug-likeness (QED) is 0.760. The van der Waals surface area contributed by atoms with E-state index >= 15 is 0 Å². The summed E-state index contributed by atoms with van der Waals surface area (Å²) < 4.78 is 0. The van der Waals surface area contributed by atoms with Gasteiger partial charge in [-0.25, -0.2) is 0 Å². The maximum absolute atomic E-state index is 11.0. The second-order valence-corrected chi connectivity index (χ2v) is 6.74. The summed E-state index contributed by atoms with van der Waals surface area (Å²) in [6.45, 7) is 12.5. The average molecular weight is 260 g/mol. The van der Waals surface area contributed by atoms with Gasteiger partial charge in [-0.05, 0) is 60.5 Å². The van der Waals surface area contributed by atoms with Crippen molar-refractivity contribution in [1.82, 2.24) is 9.99 Å². The van der Waals surface area contributed by atoms with E-state index in [0.717, 1.165) is 13.1 Å². The fraction of sp³-hybridized carbons (Fsp3) is 1.00. The normalized spacial score (nSPS) is 23.5. The zero-order chi connectivity index (χ0) is 13.3.